The van der Waals surface area contributed by atoms with Crippen LogP contribution in [0.4, 0.5) is 5.69 Å². The third-order valence-electron chi connectivity index (χ3n) is 8.20. The number of nitrogens with one attached hydrogen (secondary N) is 2. The fourth-order valence-electron chi connectivity index (χ4n) is 5.99. The summed E-state index contributed by atoms with van der Waals surface area (Å²) in [5.41, 5.74) is 2.91. The molecule has 45 heavy (non-hydrogen) atoms. The molecule has 10 nitrogen and oxygen atoms in total. The molecule has 1 fully saturated rings. The van der Waals surface area contributed by atoms with E-state index >= 15 is 0 Å². The van der Waals surface area contributed by atoms with Crippen LogP contribution in [0.1, 0.15) is 40.2 Å². The Labute approximate surface area is 259 Å². The first kappa shape index (κ1) is 28.7. The van der Waals surface area contributed by atoms with Gasteiger partial charge in [-0.25, -0.2) is 0 Å². The molecule has 0 aromatic heterocycles. The van der Waals surface area contributed by atoms with Gasteiger partial charge in [-0.15, -0.1) is 0 Å². The van der Waals surface area contributed by atoms with Crippen LogP contribution in [-0.4, -0.2) is 48.6 Å². The summed E-state index contributed by atoms with van der Waals surface area (Å²) in [6.07, 6.45) is -0.706. The number of carbonyl (C=O) groups excluding carboxylic acids is 2. The van der Waals surface area contributed by atoms with Gasteiger partial charge in [-0.05, 0) is 72.6 Å². The molecule has 2 amide bonds. The van der Waals surface area contributed by atoms with Gasteiger partial charge in [-0.2, -0.15) is 0 Å². The smallest absolute Gasteiger partial charge is 0.255 e. The molecule has 3 aliphatic rings. The normalized spacial score (nSPS) is 20.8. The van der Waals surface area contributed by atoms with Crippen molar-refractivity contribution in [3.8, 4) is 28.7 Å². The topological polar surface area (TPSA) is 125 Å². The Balaban J connectivity index is 0.965. The lowest BCUT2D eigenvalue weighted by Gasteiger charge is -2.37. The van der Waals surface area contributed by atoms with Gasteiger partial charge in [0, 0.05) is 29.3 Å². The third-order valence-corrected chi connectivity index (χ3v) is 8.20. The number of hydrogen-bond acceptors (Lipinski definition) is 8. The monoisotopic (exact) mass is 608 g/mol. The van der Waals surface area contributed by atoms with Crippen molar-refractivity contribution >= 4 is 17.5 Å². The lowest BCUT2D eigenvalue weighted by atomic mass is 9.84. The first-order chi connectivity index (χ1) is 22.0. The van der Waals surface area contributed by atoms with Crippen LogP contribution in [0.2, 0.25) is 0 Å². The first-order valence-electron chi connectivity index (χ1n) is 14.9. The Hall–Kier alpha value is -5.06. The summed E-state index contributed by atoms with van der Waals surface area (Å²) in [5, 5.41) is 16.0. The van der Waals surface area contributed by atoms with Gasteiger partial charge in [0.05, 0.1) is 19.1 Å². The number of benzene rings is 4. The largest absolute Gasteiger partial charge is 0.487 e. The van der Waals surface area contributed by atoms with E-state index in [1.807, 2.05) is 66.7 Å². The number of ether oxygens (including phenoxy) is 5. The average molecular weight is 609 g/mol. The van der Waals surface area contributed by atoms with Gasteiger partial charge < -0.3 is 39.4 Å². The highest BCUT2D eigenvalue weighted by molar-refractivity contribution is 6.04. The summed E-state index contributed by atoms with van der Waals surface area (Å²) in [5.74, 6) is 2.75. The SMILES string of the molecule is O=C(C[C@@H]1C[C@H]2c3cc(NC(=O)c4ccc5c(c4)OCO5)ccc3O[C@H]2[C@H](CO)O1)NCc1ccc(Oc2ccccc2)cc1. The van der Waals surface area contributed by atoms with Crippen molar-refractivity contribution in [1.29, 1.82) is 0 Å². The molecule has 4 atom stereocenters. The van der Waals surface area contributed by atoms with Gasteiger partial charge in [0.2, 0.25) is 12.7 Å². The van der Waals surface area contributed by atoms with Crippen LogP contribution in [0.25, 0.3) is 0 Å². The highest BCUT2D eigenvalue weighted by atomic mass is 16.7. The lowest BCUT2D eigenvalue weighted by molar-refractivity contribution is -0.142. The third kappa shape index (κ3) is 6.29. The molecular weight excluding hydrogens is 576 g/mol. The number of fused-ring (bicyclic) bond motifs is 4. The zero-order valence-electron chi connectivity index (χ0n) is 24.3. The van der Waals surface area contributed by atoms with E-state index in [9.17, 15) is 14.7 Å². The molecule has 0 bridgehead atoms. The van der Waals surface area contributed by atoms with Crippen LogP contribution in [0.5, 0.6) is 28.7 Å². The molecule has 0 spiro atoms. The molecule has 3 heterocycles. The minimum atomic E-state index is -0.585. The number of amides is 2. The molecule has 4 aromatic rings. The molecule has 1 saturated heterocycles. The van der Waals surface area contributed by atoms with E-state index in [0.29, 0.717) is 47.2 Å². The standard InChI is InChI=1S/C35H32N2O8/c38-19-32-34-28(27-15-23(9-13-29(27)45-34)37-35(40)22-8-12-30-31(14-22)42-20-41-30)16-26(44-32)17-33(39)36-18-21-6-10-25(11-7-21)43-24-4-2-1-3-5-24/h1-15,26,28,32,34,38H,16-20H2,(H,36,39)(H,37,40)/t26-,28-,32-,34+/m0/s1. The highest BCUT2D eigenvalue weighted by Gasteiger charge is 2.46. The van der Waals surface area contributed by atoms with E-state index < -0.39 is 12.2 Å². The second-order valence-electron chi connectivity index (χ2n) is 11.2. The van der Waals surface area contributed by atoms with Crippen molar-refractivity contribution < 1.29 is 38.4 Å². The quantitative estimate of drug-likeness (QED) is 0.238. The fourth-order valence-corrected chi connectivity index (χ4v) is 5.99. The van der Waals surface area contributed by atoms with Crippen LogP contribution >= 0.6 is 0 Å². The molecular formula is C35H32N2O8. The van der Waals surface area contributed by atoms with Crippen LogP contribution in [0, 0.1) is 0 Å². The predicted octanol–water partition coefficient (Wildman–Crippen LogP) is 5.16. The molecule has 0 unspecified atom stereocenters. The Kier molecular flexibility index (Phi) is 7.98. The zero-order valence-corrected chi connectivity index (χ0v) is 24.3. The molecule has 7 rings (SSSR count). The molecule has 0 aliphatic carbocycles. The number of carbonyl (C=O) groups is 2. The van der Waals surface area contributed by atoms with Crippen molar-refractivity contribution in [2.75, 3.05) is 18.7 Å². The van der Waals surface area contributed by atoms with E-state index in [-0.39, 0.29) is 43.7 Å². The number of hydrogen-bond donors (Lipinski definition) is 3. The second kappa shape index (κ2) is 12.5. The first-order valence-corrected chi connectivity index (χ1v) is 14.9. The number of aliphatic hydroxyl groups excluding tert-OH is 1. The van der Waals surface area contributed by atoms with E-state index in [4.69, 9.17) is 23.7 Å². The van der Waals surface area contributed by atoms with Gasteiger partial charge in [0.25, 0.3) is 5.91 Å². The van der Waals surface area contributed by atoms with E-state index in [2.05, 4.69) is 10.6 Å². The number of para-hydroxylation sites is 1. The summed E-state index contributed by atoms with van der Waals surface area (Å²) < 4.78 is 28.9. The molecule has 0 radical (unpaired) electrons. The minimum Gasteiger partial charge on any atom is -0.487 e. The lowest BCUT2D eigenvalue weighted by Crippen LogP contribution is -2.47. The van der Waals surface area contributed by atoms with Crippen LogP contribution in [0.15, 0.2) is 91.0 Å². The summed E-state index contributed by atoms with van der Waals surface area (Å²) in [7, 11) is 0. The zero-order chi connectivity index (χ0) is 30.8. The fraction of sp³-hybridized carbons (Fsp3) is 0.257. The summed E-state index contributed by atoms with van der Waals surface area (Å²) in [4.78, 5) is 25.9. The van der Waals surface area contributed by atoms with Crippen molar-refractivity contribution in [2.24, 2.45) is 0 Å². The van der Waals surface area contributed by atoms with Crippen molar-refractivity contribution in [3.63, 3.8) is 0 Å². The second-order valence-corrected chi connectivity index (χ2v) is 11.2. The molecule has 0 saturated carbocycles. The molecule has 10 heteroatoms. The van der Waals surface area contributed by atoms with E-state index in [1.54, 1.807) is 24.3 Å². The van der Waals surface area contributed by atoms with Gasteiger partial charge in [0.1, 0.15) is 29.5 Å². The maximum atomic E-state index is 13.0. The van der Waals surface area contributed by atoms with Gasteiger partial charge in [0.15, 0.2) is 11.5 Å². The highest BCUT2D eigenvalue weighted by Crippen LogP contribution is 2.47. The molecule has 4 aromatic carbocycles. The van der Waals surface area contributed by atoms with Gasteiger partial charge in [-0.3, -0.25) is 9.59 Å². The van der Waals surface area contributed by atoms with E-state index in [1.165, 1.54) is 0 Å². The van der Waals surface area contributed by atoms with Crippen molar-refractivity contribution in [3.05, 3.63) is 108 Å². The van der Waals surface area contributed by atoms with E-state index in [0.717, 1.165) is 16.9 Å². The van der Waals surface area contributed by atoms with Crippen LogP contribution < -0.4 is 29.6 Å². The van der Waals surface area contributed by atoms with Crippen LogP contribution in [0.3, 0.4) is 0 Å². The number of anilines is 1. The van der Waals surface area contributed by atoms with Gasteiger partial charge >= 0.3 is 0 Å². The minimum absolute atomic E-state index is 0.108. The maximum Gasteiger partial charge on any atom is 0.255 e. The number of aliphatic hydroxyl groups is 1. The van der Waals surface area contributed by atoms with Crippen LogP contribution in [-0.2, 0) is 16.1 Å². The summed E-state index contributed by atoms with van der Waals surface area (Å²) in [6.45, 7) is 0.261. The Bertz CT molecular complexity index is 1690. The Morgan fingerprint density at radius 1 is 0.867 bits per heavy atom. The van der Waals surface area contributed by atoms with Crippen molar-refractivity contribution in [1.82, 2.24) is 5.32 Å². The molecule has 230 valence electrons. The average Bonchev–Trinajstić information content (AvgIpc) is 3.69. The van der Waals surface area contributed by atoms with Gasteiger partial charge in [-0.1, -0.05) is 30.3 Å². The summed E-state index contributed by atoms with van der Waals surface area (Å²) in [6, 6.07) is 27.6. The maximum absolute atomic E-state index is 13.0. The molecule has 3 N–H and O–H groups in total. The summed E-state index contributed by atoms with van der Waals surface area (Å²) >= 11 is 0. The number of rotatable bonds is 9. The van der Waals surface area contributed by atoms with Crippen molar-refractivity contribution in [2.45, 2.75) is 43.6 Å². The molecule has 3 aliphatic heterocycles. The Morgan fingerprint density at radius 2 is 1.64 bits per heavy atom. The Morgan fingerprint density at radius 3 is 2.47 bits per heavy atom. The predicted molar refractivity (Wildman–Crippen MR) is 164 cm³/mol.